The van der Waals surface area contributed by atoms with E-state index in [9.17, 15) is 0 Å². The van der Waals surface area contributed by atoms with Crippen molar-refractivity contribution in [2.24, 2.45) is 0 Å². The highest BCUT2D eigenvalue weighted by Crippen LogP contribution is 2.48. The Balaban J connectivity index is 1.13. The van der Waals surface area contributed by atoms with E-state index in [-0.39, 0.29) is 23.0 Å². The SMILES string of the molecule is CC1(C)c2cccc3c2B2c4c1cccc4C(C)(C)c1cc(-c4cccc(-c5ccc6c7ccccc7c7ccccc7c6c5)c4)cc(c12)C3(C)C. The van der Waals surface area contributed by atoms with Crippen LogP contribution in [0.2, 0.25) is 0 Å². The Hall–Kier alpha value is -5.40. The fourth-order valence-electron chi connectivity index (χ4n) is 10.9. The van der Waals surface area contributed by atoms with Gasteiger partial charge in [0.1, 0.15) is 0 Å². The Morgan fingerprint density at radius 1 is 0.288 bits per heavy atom. The van der Waals surface area contributed by atoms with Gasteiger partial charge in [0.15, 0.2) is 0 Å². The molecule has 0 N–H and O–H groups in total. The summed E-state index contributed by atoms with van der Waals surface area (Å²) in [6, 6.07) is 53.4. The van der Waals surface area contributed by atoms with Gasteiger partial charge in [0.25, 0.3) is 0 Å². The third kappa shape index (κ3) is 3.69. The molecule has 0 aromatic heterocycles. The number of hydrogen-bond donors (Lipinski definition) is 0. The highest BCUT2D eigenvalue weighted by molar-refractivity contribution is 6.98. The van der Waals surface area contributed by atoms with Gasteiger partial charge in [-0.2, -0.15) is 0 Å². The molecule has 0 fully saturated rings. The molecule has 0 bridgehead atoms. The summed E-state index contributed by atoms with van der Waals surface area (Å²) >= 11 is 0. The third-order valence-corrected chi connectivity index (χ3v) is 13.6. The molecular formula is C51H41B. The lowest BCUT2D eigenvalue weighted by atomic mass is 9.23. The molecule has 1 heteroatoms. The maximum Gasteiger partial charge on any atom is 0.243 e. The zero-order chi connectivity index (χ0) is 35.3. The van der Waals surface area contributed by atoms with Crippen LogP contribution in [0, 0.1) is 0 Å². The van der Waals surface area contributed by atoms with Crippen LogP contribution in [-0.2, 0) is 16.2 Å². The second-order valence-corrected chi connectivity index (χ2v) is 17.3. The minimum Gasteiger partial charge on any atom is -0.0617 e. The summed E-state index contributed by atoms with van der Waals surface area (Å²) < 4.78 is 0. The predicted octanol–water partition coefficient (Wildman–Crippen LogP) is 10.9. The summed E-state index contributed by atoms with van der Waals surface area (Å²) in [7, 11) is 0. The lowest BCUT2D eigenvalue weighted by molar-refractivity contribution is 0.599. The number of fused-ring (bicyclic) bond motifs is 6. The van der Waals surface area contributed by atoms with Gasteiger partial charge in [0.05, 0.1) is 0 Å². The van der Waals surface area contributed by atoms with Crippen molar-refractivity contribution in [1.29, 1.82) is 0 Å². The van der Waals surface area contributed by atoms with Crippen molar-refractivity contribution in [3.8, 4) is 22.3 Å². The summed E-state index contributed by atoms with van der Waals surface area (Å²) in [6.07, 6.45) is 0. The molecule has 248 valence electrons. The molecule has 0 atom stereocenters. The van der Waals surface area contributed by atoms with Crippen LogP contribution in [0.3, 0.4) is 0 Å². The van der Waals surface area contributed by atoms with E-state index >= 15 is 0 Å². The first kappa shape index (κ1) is 30.3. The van der Waals surface area contributed by atoms with Crippen LogP contribution in [-0.4, -0.2) is 6.71 Å². The van der Waals surface area contributed by atoms with Crippen molar-refractivity contribution in [3.05, 3.63) is 173 Å². The molecule has 0 aliphatic carbocycles. The molecule has 3 heterocycles. The monoisotopic (exact) mass is 664 g/mol. The second kappa shape index (κ2) is 9.93. The molecule has 0 nitrogen and oxygen atoms in total. The maximum atomic E-state index is 2.55. The van der Waals surface area contributed by atoms with E-state index in [1.807, 2.05) is 0 Å². The highest BCUT2D eigenvalue weighted by atomic mass is 14.5. The lowest BCUT2D eigenvalue weighted by Gasteiger charge is -2.52. The van der Waals surface area contributed by atoms with Gasteiger partial charge in [-0.25, -0.2) is 0 Å². The Labute approximate surface area is 307 Å². The van der Waals surface area contributed by atoms with E-state index < -0.39 is 0 Å². The first-order valence-corrected chi connectivity index (χ1v) is 19.0. The first-order valence-electron chi connectivity index (χ1n) is 19.0. The van der Waals surface area contributed by atoms with Crippen molar-refractivity contribution in [2.45, 2.75) is 57.8 Å². The van der Waals surface area contributed by atoms with E-state index in [0.717, 1.165) is 0 Å². The Kier molecular flexibility index (Phi) is 5.78. The van der Waals surface area contributed by atoms with Gasteiger partial charge in [-0.3, -0.25) is 0 Å². The summed E-state index contributed by atoms with van der Waals surface area (Å²) in [4.78, 5) is 0. The van der Waals surface area contributed by atoms with Crippen LogP contribution < -0.4 is 16.4 Å². The van der Waals surface area contributed by atoms with Gasteiger partial charge in [0, 0.05) is 16.2 Å². The molecule has 0 spiro atoms. The van der Waals surface area contributed by atoms with Crippen molar-refractivity contribution in [3.63, 3.8) is 0 Å². The second-order valence-electron chi connectivity index (χ2n) is 17.3. The van der Waals surface area contributed by atoms with Crippen LogP contribution >= 0.6 is 0 Å². The highest BCUT2D eigenvalue weighted by Gasteiger charge is 2.53. The van der Waals surface area contributed by atoms with Crippen molar-refractivity contribution >= 4 is 55.4 Å². The van der Waals surface area contributed by atoms with Gasteiger partial charge in [-0.05, 0) is 100 Å². The molecular weight excluding hydrogens is 623 g/mol. The lowest BCUT2D eigenvalue weighted by Crippen LogP contribution is -2.71. The molecule has 3 aliphatic heterocycles. The first-order chi connectivity index (χ1) is 25.1. The minimum absolute atomic E-state index is 0.0448. The zero-order valence-corrected chi connectivity index (χ0v) is 30.9. The molecule has 0 amide bonds. The summed E-state index contributed by atoms with van der Waals surface area (Å²) in [5, 5.41) is 7.88. The van der Waals surface area contributed by atoms with Gasteiger partial charge >= 0.3 is 0 Å². The third-order valence-electron chi connectivity index (χ3n) is 13.6. The van der Waals surface area contributed by atoms with Crippen LogP contribution in [0.15, 0.2) is 140 Å². The van der Waals surface area contributed by atoms with E-state index in [4.69, 9.17) is 0 Å². The molecule has 11 rings (SSSR count). The van der Waals surface area contributed by atoms with Gasteiger partial charge in [0.2, 0.25) is 6.71 Å². The normalized spacial score (nSPS) is 16.7. The number of benzene rings is 8. The molecule has 0 saturated heterocycles. The van der Waals surface area contributed by atoms with Crippen LogP contribution in [0.25, 0.3) is 54.6 Å². The molecule has 3 aliphatic rings. The van der Waals surface area contributed by atoms with Gasteiger partial charge < -0.3 is 0 Å². The summed E-state index contributed by atoms with van der Waals surface area (Å²) in [5.41, 5.74) is 18.4. The van der Waals surface area contributed by atoms with Crippen LogP contribution in [0.1, 0.15) is 74.9 Å². The Morgan fingerprint density at radius 2 is 0.654 bits per heavy atom. The van der Waals surface area contributed by atoms with Gasteiger partial charge in [-0.15, -0.1) is 0 Å². The standard InChI is InChI=1S/C51H41B/c1-49(2)40-20-12-22-42-46(40)52-47-41(49)21-13-23-43(47)51(5,6)45-29-33(28-44(48(45)52)50(42,3)4)31-15-11-14-30(26-31)32-24-25-38-36-18-8-7-16-34(36)35-17-9-10-19-37(35)39(38)27-32/h7-29H,1-6H3. The molecule has 0 unspecified atom stereocenters. The van der Waals surface area contributed by atoms with E-state index in [1.54, 1.807) is 16.4 Å². The molecule has 52 heavy (non-hydrogen) atoms. The topological polar surface area (TPSA) is 0 Å². The smallest absolute Gasteiger partial charge is 0.0617 e. The van der Waals surface area contributed by atoms with Crippen molar-refractivity contribution in [2.75, 3.05) is 0 Å². The Morgan fingerprint density at radius 3 is 1.15 bits per heavy atom. The number of hydrogen-bond acceptors (Lipinski definition) is 0. The zero-order valence-electron chi connectivity index (χ0n) is 30.9. The largest absolute Gasteiger partial charge is 0.243 e. The predicted molar refractivity (Wildman–Crippen MR) is 224 cm³/mol. The Bertz CT molecular complexity index is 2760. The average molecular weight is 665 g/mol. The quantitative estimate of drug-likeness (QED) is 0.127. The fourth-order valence-corrected chi connectivity index (χ4v) is 10.9. The summed E-state index contributed by atoms with van der Waals surface area (Å²) in [5.74, 6) is 0. The summed E-state index contributed by atoms with van der Waals surface area (Å²) in [6.45, 7) is 15.0. The molecule has 8 aromatic rings. The molecule has 0 radical (unpaired) electrons. The minimum atomic E-state index is -0.127. The molecule has 8 aromatic carbocycles. The number of rotatable bonds is 2. The van der Waals surface area contributed by atoms with Gasteiger partial charge in [-0.1, -0.05) is 185 Å². The van der Waals surface area contributed by atoms with E-state index in [1.165, 1.54) is 88.0 Å². The molecule has 0 saturated carbocycles. The van der Waals surface area contributed by atoms with Crippen molar-refractivity contribution in [1.82, 2.24) is 0 Å². The van der Waals surface area contributed by atoms with Crippen LogP contribution in [0.5, 0.6) is 0 Å². The van der Waals surface area contributed by atoms with Crippen LogP contribution in [0.4, 0.5) is 0 Å². The van der Waals surface area contributed by atoms with E-state index in [2.05, 4.69) is 181 Å². The average Bonchev–Trinajstić information content (AvgIpc) is 3.17. The fraction of sp³-hybridized carbons (Fsp3) is 0.176. The maximum absolute atomic E-state index is 2.55. The van der Waals surface area contributed by atoms with E-state index in [0.29, 0.717) is 0 Å². The van der Waals surface area contributed by atoms with Crippen molar-refractivity contribution < 1.29 is 0 Å².